The molecule has 0 saturated carbocycles. The lowest BCUT2D eigenvalue weighted by Gasteiger charge is -2.05. The van der Waals surface area contributed by atoms with Crippen molar-refractivity contribution in [3.05, 3.63) is 65.2 Å². The van der Waals surface area contributed by atoms with Crippen molar-refractivity contribution >= 4 is 35.1 Å². The minimum Gasteiger partial charge on any atom is -0.356 e. The maximum Gasteiger partial charge on any atom is 0.220 e. The molecule has 0 unspecified atom stereocenters. The summed E-state index contributed by atoms with van der Waals surface area (Å²) < 4.78 is 0. The van der Waals surface area contributed by atoms with Crippen LogP contribution < -0.4 is 5.32 Å². The van der Waals surface area contributed by atoms with Crippen LogP contribution in [-0.2, 0) is 4.79 Å². The van der Waals surface area contributed by atoms with Gasteiger partial charge in [-0.2, -0.15) is 0 Å². The summed E-state index contributed by atoms with van der Waals surface area (Å²) in [6.45, 7) is 0.633. The molecule has 0 fully saturated rings. The zero-order valence-corrected chi connectivity index (χ0v) is 14.9. The molecular formula is C19H20ClNO2S. The van der Waals surface area contributed by atoms with Gasteiger partial charge in [0.1, 0.15) is 0 Å². The normalized spacial score (nSPS) is 10.4. The van der Waals surface area contributed by atoms with E-state index < -0.39 is 0 Å². The topological polar surface area (TPSA) is 46.2 Å². The lowest BCUT2D eigenvalue weighted by molar-refractivity contribution is -0.121. The average Bonchev–Trinajstić information content (AvgIpc) is 2.61. The molecule has 0 aliphatic carbocycles. The number of thioether (sulfide) groups is 1. The molecule has 24 heavy (non-hydrogen) atoms. The fraction of sp³-hybridized carbons (Fsp3) is 0.263. The van der Waals surface area contributed by atoms with Crippen molar-refractivity contribution in [3.63, 3.8) is 0 Å². The highest BCUT2D eigenvalue weighted by Crippen LogP contribution is 2.17. The molecule has 0 aliphatic rings. The van der Waals surface area contributed by atoms with Crippen LogP contribution in [0.15, 0.2) is 59.5 Å². The van der Waals surface area contributed by atoms with E-state index in [0.29, 0.717) is 17.1 Å². The largest absolute Gasteiger partial charge is 0.356 e. The summed E-state index contributed by atoms with van der Waals surface area (Å²) in [6, 6.07) is 16.9. The zero-order chi connectivity index (χ0) is 17.2. The predicted octanol–water partition coefficient (Wildman–Crippen LogP) is 4.60. The van der Waals surface area contributed by atoms with Crippen LogP contribution in [0.5, 0.6) is 0 Å². The second-order valence-electron chi connectivity index (χ2n) is 5.30. The number of hydrogen-bond donors (Lipinski definition) is 1. The maximum atomic E-state index is 12.0. The van der Waals surface area contributed by atoms with Gasteiger partial charge < -0.3 is 5.32 Å². The number of rotatable bonds is 9. The summed E-state index contributed by atoms with van der Waals surface area (Å²) in [5.41, 5.74) is 0.589. The first kappa shape index (κ1) is 18.6. The smallest absolute Gasteiger partial charge is 0.220 e. The first-order valence-electron chi connectivity index (χ1n) is 7.88. The third-order valence-corrected chi connectivity index (χ3v) is 4.75. The molecule has 3 nitrogen and oxygen atoms in total. The van der Waals surface area contributed by atoms with Crippen molar-refractivity contribution in [2.45, 2.75) is 24.2 Å². The Labute approximate surface area is 151 Å². The van der Waals surface area contributed by atoms with Crippen molar-refractivity contribution in [1.82, 2.24) is 5.32 Å². The summed E-state index contributed by atoms with van der Waals surface area (Å²) in [5.74, 6) is 0.831. The van der Waals surface area contributed by atoms with E-state index in [9.17, 15) is 9.59 Å². The van der Waals surface area contributed by atoms with Gasteiger partial charge in [0.15, 0.2) is 5.78 Å². The van der Waals surface area contributed by atoms with Gasteiger partial charge in [0.2, 0.25) is 5.91 Å². The second-order valence-corrected chi connectivity index (χ2v) is 6.90. The van der Waals surface area contributed by atoms with Gasteiger partial charge in [-0.05, 0) is 48.6 Å². The van der Waals surface area contributed by atoms with Gasteiger partial charge in [0, 0.05) is 34.9 Å². The summed E-state index contributed by atoms with van der Waals surface area (Å²) in [7, 11) is 0. The van der Waals surface area contributed by atoms with Gasteiger partial charge in [-0.25, -0.2) is 0 Å². The Morgan fingerprint density at radius 1 is 0.958 bits per heavy atom. The van der Waals surface area contributed by atoms with E-state index in [0.717, 1.165) is 12.2 Å². The molecule has 126 valence electrons. The molecule has 0 bridgehead atoms. The summed E-state index contributed by atoms with van der Waals surface area (Å²) in [5, 5.41) is 3.45. The zero-order valence-electron chi connectivity index (χ0n) is 13.3. The minimum atomic E-state index is -0.0815. The van der Waals surface area contributed by atoms with E-state index in [1.54, 1.807) is 36.0 Å². The Kier molecular flexibility index (Phi) is 7.86. The van der Waals surface area contributed by atoms with Gasteiger partial charge in [0.25, 0.3) is 0 Å². The van der Waals surface area contributed by atoms with Crippen molar-refractivity contribution in [3.8, 4) is 0 Å². The number of benzene rings is 2. The van der Waals surface area contributed by atoms with Crippen molar-refractivity contribution in [1.29, 1.82) is 0 Å². The quantitative estimate of drug-likeness (QED) is 0.403. The number of hydrogen-bond acceptors (Lipinski definition) is 3. The fourth-order valence-corrected chi connectivity index (χ4v) is 3.10. The van der Waals surface area contributed by atoms with Gasteiger partial charge in [-0.1, -0.05) is 29.8 Å². The highest BCUT2D eigenvalue weighted by Gasteiger charge is 2.09. The van der Waals surface area contributed by atoms with Crippen LogP contribution in [0.25, 0.3) is 0 Å². The van der Waals surface area contributed by atoms with E-state index in [-0.39, 0.29) is 24.5 Å². The molecule has 2 aromatic rings. The summed E-state index contributed by atoms with van der Waals surface area (Å²) in [6.07, 6.45) is 1.33. The molecule has 2 aromatic carbocycles. The highest BCUT2D eigenvalue weighted by atomic mass is 35.5. The molecule has 0 aromatic heterocycles. The van der Waals surface area contributed by atoms with Crippen LogP contribution in [-0.4, -0.2) is 24.0 Å². The molecule has 2 rings (SSSR count). The molecule has 1 amide bonds. The van der Waals surface area contributed by atoms with Crippen LogP contribution in [0, 0.1) is 0 Å². The Hall–Kier alpha value is -1.78. The molecule has 0 radical (unpaired) electrons. The lowest BCUT2D eigenvalue weighted by atomic mass is 10.1. The summed E-state index contributed by atoms with van der Waals surface area (Å²) >= 11 is 7.56. The molecular weight excluding hydrogens is 342 g/mol. The predicted molar refractivity (Wildman–Crippen MR) is 99.8 cm³/mol. The van der Waals surface area contributed by atoms with Crippen LogP contribution in [0.2, 0.25) is 5.02 Å². The molecule has 1 N–H and O–H groups in total. The Balaban J connectivity index is 1.58. The number of carbonyl (C=O) groups is 2. The molecule has 0 spiro atoms. The monoisotopic (exact) mass is 361 g/mol. The number of ketones is 1. The first-order chi connectivity index (χ1) is 11.6. The Morgan fingerprint density at radius 2 is 1.67 bits per heavy atom. The standard InChI is InChI=1S/C19H20ClNO2S/c20-16-9-7-15(8-10-16)18(22)11-12-19(23)21-13-4-14-24-17-5-2-1-3-6-17/h1-3,5-10H,4,11-14H2,(H,21,23). The highest BCUT2D eigenvalue weighted by molar-refractivity contribution is 7.99. The number of nitrogens with one attached hydrogen (secondary N) is 1. The van der Waals surface area contributed by atoms with E-state index in [4.69, 9.17) is 11.6 Å². The maximum absolute atomic E-state index is 12.0. The molecule has 0 saturated heterocycles. The molecule has 0 atom stereocenters. The van der Waals surface area contributed by atoms with Crippen LogP contribution >= 0.6 is 23.4 Å². The average molecular weight is 362 g/mol. The van der Waals surface area contributed by atoms with E-state index >= 15 is 0 Å². The fourth-order valence-electron chi connectivity index (χ4n) is 2.10. The summed E-state index contributed by atoms with van der Waals surface area (Å²) in [4.78, 5) is 25.0. The van der Waals surface area contributed by atoms with E-state index in [2.05, 4.69) is 17.4 Å². The number of Topliss-reactive ketones (excluding diaryl/α,β-unsaturated/α-hetero) is 1. The van der Waals surface area contributed by atoms with Crippen LogP contribution in [0.1, 0.15) is 29.6 Å². The van der Waals surface area contributed by atoms with Gasteiger partial charge in [-0.3, -0.25) is 9.59 Å². The first-order valence-corrected chi connectivity index (χ1v) is 9.25. The SMILES string of the molecule is O=C(CCC(=O)c1ccc(Cl)cc1)NCCCSc1ccccc1. The number of amides is 1. The van der Waals surface area contributed by atoms with Crippen molar-refractivity contribution in [2.75, 3.05) is 12.3 Å². The van der Waals surface area contributed by atoms with Crippen LogP contribution in [0.4, 0.5) is 0 Å². The van der Waals surface area contributed by atoms with E-state index in [1.165, 1.54) is 4.90 Å². The third-order valence-electron chi connectivity index (χ3n) is 3.40. The number of carbonyl (C=O) groups excluding carboxylic acids is 2. The Bertz CT molecular complexity index is 659. The number of halogens is 1. The molecule has 5 heteroatoms. The van der Waals surface area contributed by atoms with Crippen LogP contribution in [0.3, 0.4) is 0 Å². The van der Waals surface area contributed by atoms with Crippen molar-refractivity contribution < 1.29 is 9.59 Å². The Morgan fingerprint density at radius 3 is 2.38 bits per heavy atom. The third kappa shape index (κ3) is 6.77. The molecule has 0 aliphatic heterocycles. The minimum absolute atomic E-state index is 0.0403. The molecule has 0 heterocycles. The lowest BCUT2D eigenvalue weighted by Crippen LogP contribution is -2.25. The van der Waals surface area contributed by atoms with Gasteiger partial charge >= 0.3 is 0 Å². The van der Waals surface area contributed by atoms with Crippen molar-refractivity contribution in [2.24, 2.45) is 0 Å². The van der Waals surface area contributed by atoms with Gasteiger partial charge in [-0.15, -0.1) is 11.8 Å². The second kappa shape index (κ2) is 10.2. The van der Waals surface area contributed by atoms with E-state index in [1.807, 2.05) is 18.2 Å². The van der Waals surface area contributed by atoms with Gasteiger partial charge in [0.05, 0.1) is 0 Å².